The first-order valence-corrected chi connectivity index (χ1v) is 5.49. The molecule has 2 nitrogen and oxygen atoms in total. The first kappa shape index (κ1) is 11.6. The Hall–Kier alpha value is -1.92. The van der Waals surface area contributed by atoms with Gasteiger partial charge in [-0.05, 0) is 19.2 Å². The molecular formula is C14H13FN2. The highest BCUT2D eigenvalue weighted by Crippen LogP contribution is 2.16. The minimum absolute atomic E-state index is 0.312. The predicted octanol–water partition coefficient (Wildman–Crippen LogP) is 2.33. The van der Waals surface area contributed by atoms with Crippen molar-refractivity contribution in [2.24, 2.45) is 0 Å². The number of pyridine rings is 1. The van der Waals surface area contributed by atoms with Crippen molar-refractivity contribution < 1.29 is 4.39 Å². The van der Waals surface area contributed by atoms with E-state index in [0.29, 0.717) is 17.5 Å². The number of aromatic nitrogens is 1. The summed E-state index contributed by atoms with van der Waals surface area (Å²) in [6.07, 6.45) is 2.36. The highest BCUT2D eigenvalue weighted by molar-refractivity contribution is 5.80. The smallest absolute Gasteiger partial charge is 0.141 e. The van der Waals surface area contributed by atoms with Crippen LogP contribution in [0.5, 0.6) is 0 Å². The van der Waals surface area contributed by atoms with E-state index in [1.807, 2.05) is 19.2 Å². The third-order valence-corrected chi connectivity index (χ3v) is 2.41. The lowest BCUT2D eigenvalue weighted by Gasteiger charge is -1.99. The number of benzene rings is 1. The third kappa shape index (κ3) is 2.80. The predicted molar refractivity (Wildman–Crippen MR) is 67.1 cm³/mol. The van der Waals surface area contributed by atoms with Crippen molar-refractivity contribution in [1.82, 2.24) is 10.3 Å². The zero-order chi connectivity index (χ0) is 12.1. The Bertz CT molecular complexity index is 582. The first-order chi connectivity index (χ1) is 8.31. The van der Waals surface area contributed by atoms with E-state index in [9.17, 15) is 4.39 Å². The number of nitrogens with zero attached hydrogens (tertiary/aromatic N) is 1. The third-order valence-electron chi connectivity index (χ3n) is 2.41. The van der Waals surface area contributed by atoms with Gasteiger partial charge in [0.2, 0.25) is 0 Å². The molecule has 2 aromatic rings. The SMILES string of the molecule is CNCCC#Cc1cc2cccnc2cc1F. The van der Waals surface area contributed by atoms with Crippen molar-refractivity contribution in [2.75, 3.05) is 13.6 Å². The van der Waals surface area contributed by atoms with E-state index in [2.05, 4.69) is 22.1 Å². The van der Waals surface area contributed by atoms with E-state index in [0.717, 1.165) is 11.9 Å². The van der Waals surface area contributed by atoms with Crippen LogP contribution in [0.1, 0.15) is 12.0 Å². The zero-order valence-corrected chi connectivity index (χ0v) is 9.63. The van der Waals surface area contributed by atoms with Gasteiger partial charge in [0.05, 0.1) is 11.1 Å². The van der Waals surface area contributed by atoms with Crippen LogP contribution >= 0.6 is 0 Å². The fourth-order valence-electron chi connectivity index (χ4n) is 1.54. The molecule has 0 aliphatic carbocycles. The Morgan fingerprint density at radius 3 is 3.12 bits per heavy atom. The maximum atomic E-state index is 13.7. The molecule has 0 spiro atoms. The lowest BCUT2D eigenvalue weighted by Crippen LogP contribution is -2.05. The first-order valence-electron chi connectivity index (χ1n) is 5.49. The molecule has 1 heterocycles. The average molecular weight is 228 g/mol. The fraction of sp³-hybridized carbons (Fsp3) is 0.214. The molecule has 0 fully saturated rings. The van der Waals surface area contributed by atoms with Gasteiger partial charge in [0, 0.05) is 30.6 Å². The van der Waals surface area contributed by atoms with Crippen molar-refractivity contribution >= 4 is 10.9 Å². The summed E-state index contributed by atoms with van der Waals surface area (Å²) >= 11 is 0. The van der Waals surface area contributed by atoms with Crippen LogP contribution in [0.2, 0.25) is 0 Å². The summed E-state index contributed by atoms with van der Waals surface area (Å²) in [4.78, 5) is 4.09. The molecule has 3 heteroatoms. The second kappa shape index (κ2) is 5.42. The number of halogens is 1. The van der Waals surface area contributed by atoms with Gasteiger partial charge in [-0.15, -0.1) is 0 Å². The second-order valence-corrected chi connectivity index (χ2v) is 3.68. The molecule has 0 bridgehead atoms. The molecule has 1 N–H and O–H groups in total. The Morgan fingerprint density at radius 1 is 1.41 bits per heavy atom. The molecule has 0 aliphatic rings. The van der Waals surface area contributed by atoms with Crippen molar-refractivity contribution in [2.45, 2.75) is 6.42 Å². The minimum atomic E-state index is -0.312. The van der Waals surface area contributed by atoms with Gasteiger partial charge in [-0.2, -0.15) is 0 Å². The number of fused-ring (bicyclic) bond motifs is 1. The van der Waals surface area contributed by atoms with E-state index in [1.165, 1.54) is 6.07 Å². The van der Waals surface area contributed by atoms with Crippen molar-refractivity contribution in [3.8, 4) is 11.8 Å². The van der Waals surface area contributed by atoms with Gasteiger partial charge in [0.25, 0.3) is 0 Å². The van der Waals surface area contributed by atoms with Gasteiger partial charge in [0.1, 0.15) is 5.82 Å². The molecule has 0 radical (unpaired) electrons. The Morgan fingerprint density at radius 2 is 2.29 bits per heavy atom. The highest BCUT2D eigenvalue weighted by Gasteiger charge is 2.02. The van der Waals surface area contributed by atoms with Gasteiger partial charge >= 0.3 is 0 Å². The summed E-state index contributed by atoms with van der Waals surface area (Å²) in [5.41, 5.74) is 1.09. The Balaban J connectivity index is 2.33. The normalized spacial score (nSPS) is 10.0. The van der Waals surface area contributed by atoms with E-state index >= 15 is 0 Å². The van der Waals surface area contributed by atoms with Crippen LogP contribution in [0, 0.1) is 17.7 Å². The Kier molecular flexibility index (Phi) is 3.69. The molecule has 0 amide bonds. The molecule has 2 rings (SSSR count). The van der Waals surface area contributed by atoms with Gasteiger partial charge in [-0.3, -0.25) is 4.98 Å². The molecule has 0 saturated heterocycles. The molecule has 0 saturated carbocycles. The van der Waals surface area contributed by atoms with Gasteiger partial charge in [-0.1, -0.05) is 17.9 Å². The largest absolute Gasteiger partial charge is 0.319 e. The van der Waals surface area contributed by atoms with E-state index in [1.54, 1.807) is 12.3 Å². The summed E-state index contributed by atoms with van der Waals surface area (Å²) in [5, 5.41) is 3.90. The van der Waals surface area contributed by atoms with Gasteiger partial charge in [0.15, 0.2) is 0 Å². The Labute approximate surface area is 99.9 Å². The lowest BCUT2D eigenvalue weighted by atomic mass is 10.1. The molecule has 86 valence electrons. The van der Waals surface area contributed by atoms with E-state index in [-0.39, 0.29) is 5.82 Å². The summed E-state index contributed by atoms with van der Waals surface area (Å²) in [6, 6.07) is 6.90. The topological polar surface area (TPSA) is 24.9 Å². The summed E-state index contributed by atoms with van der Waals surface area (Å²) in [6.45, 7) is 0.809. The summed E-state index contributed by atoms with van der Waals surface area (Å²) < 4.78 is 13.7. The van der Waals surface area contributed by atoms with Crippen LogP contribution in [0.15, 0.2) is 30.5 Å². The van der Waals surface area contributed by atoms with Crippen LogP contribution in [0.3, 0.4) is 0 Å². The van der Waals surface area contributed by atoms with Gasteiger partial charge < -0.3 is 5.32 Å². The van der Waals surface area contributed by atoms with Crippen molar-refractivity contribution in [3.05, 3.63) is 41.8 Å². The van der Waals surface area contributed by atoms with Crippen molar-refractivity contribution in [3.63, 3.8) is 0 Å². The molecule has 0 aliphatic heterocycles. The average Bonchev–Trinajstić information content (AvgIpc) is 2.35. The van der Waals surface area contributed by atoms with Crippen LogP contribution in [-0.2, 0) is 0 Å². The molecular weight excluding hydrogens is 215 g/mol. The second-order valence-electron chi connectivity index (χ2n) is 3.68. The van der Waals surface area contributed by atoms with E-state index in [4.69, 9.17) is 0 Å². The van der Waals surface area contributed by atoms with Crippen LogP contribution in [-0.4, -0.2) is 18.6 Å². The molecule has 1 aromatic heterocycles. The zero-order valence-electron chi connectivity index (χ0n) is 9.63. The number of hydrogen-bond donors (Lipinski definition) is 1. The fourth-order valence-corrected chi connectivity index (χ4v) is 1.54. The van der Waals surface area contributed by atoms with Crippen LogP contribution < -0.4 is 5.32 Å². The molecule has 1 aromatic carbocycles. The molecule has 17 heavy (non-hydrogen) atoms. The monoisotopic (exact) mass is 228 g/mol. The maximum absolute atomic E-state index is 13.7. The highest BCUT2D eigenvalue weighted by atomic mass is 19.1. The minimum Gasteiger partial charge on any atom is -0.319 e. The summed E-state index contributed by atoms with van der Waals surface area (Å²) in [7, 11) is 1.87. The van der Waals surface area contributed by atoms with Crippen molar-refractivity contribution in [1.29, 1.82) is 0 Å². The standard InChI is InChI=1S/C14H13FN2/c1-16-7-3-2-5-11-9-12-6-4-8-17-14(12)10-13(11)15/h4,6,8-10,16H,3,7H2,1H3. The number of rotatable bonds is 2. The van der Waals surface area contributed by atoms with Crippen LogP contribution in [0.4, 0.5) is 4.39 Å². The molecule has 0 unspecified atom stereocenters. The van der Waals surface area contributed by atoms with Crippen LogP contribution in [0.25, 0.3) is 10.9 Å². The lowest BCUT2D eigenvalue weighted by molar-refractivity contribution is 0.626. The number of nitrogens with one attached hydrogen (secondary N) is 1. The summed E-state index contributed by atoms with van der Waals surface area (Å²) in [5.74, 6) is 5.47. The maximum Gasteiger partial charge on any atom is 0.141 e. The quantitative estimate of drug-likeness (QED) is 0.630. The van der Waals surface area contributed by atoms with Gasteiger partial charge in [-0.25, -0.2) is 4.39 Å². The number of hydrogen-bond acceptors (Lipinski definition) is 2. The van der Waals surface area contributed by atoms with E-state index < -0.39 is 0 Å². The molecule has 0 atom stereocenters.